The fourth-order valence-electron chi connectivity index (χ4n) is 2.85. The molecule has 1 aromatic heterocycles. The Balaban J connectivity index is 0.00000312. The first-order valence-electron chi connectivity index (χ1n) is 9.03. The lowest BCUT2D eigenvalue weighted by molar-refractivity contribution is 0.571. The summed E-state index contributed by atoms with van der Waals surface area (Å²) in [4.78, 5) is 9.48. The van der Waals surface area contributed by atoms with E-state index in [0.717, 1.165) is 28.5 Å². The number of thioether (sulfide) groups is 1. The summed E-state index contributed by atoms with van der Waals surface area (Å²) in [5.41, 5.74) is 1.27. The second-order valence-electron chi connectivity index (χ2n) is 7.30. The Morgan fingerprint density at radius 3 is 2.72 bits per heavy atom. The van der Waals surface area contributed by atoms with Crippen molar-refractivity contribution < 1.29 is 0 Å². The zero-order valence-electron chi connectivity index (χ0n) is 16.1. The number of nitrogens with zero attached hydrogens (tertiary/aromatic N) is 2. The van der Waals surface area contributed by atoms with E-state index in [4.69, 9.17) is 9.98 Å². The van der Waals surface area contributed by atoms with Crippen molar-refractivity contribution in [2.45, 2.75) is 77.1 Å². The standard InChI is InChI=1S/C18H32N4S2.HI/c1-6-19-17(21-13-8-9-14(10-13)23-7-2)20-11-16-22-15(12-24-16)18(3,4)5;/h12-14H,6-11H2,1-5H3,(H2,19,20,21);1H. The molecule has 1 aliphatic carbocycles. The van der Waals surface area contributed by atoms with Gasteiger partial charge in [0.15, 0.2) is 5.96 Å². The molecule has 1 aromatic rings. The fraction of sp³-hybridized carbons (Fsp3) is 0.778. The quantitative estimate of drug-likeness (QED) is 0.338. The second-order valence-corrected chi connectivity index (χ2v) is 9.82. The molecule has 0 saturated heterocycles. The SMILES string of the molecule is CCNC(=NCc1nc(C(C)(C)C)cs1)NC1CCC(SCC)C1.I. The van der Waals surface area contributed by atoms with Crippen LogP contribution in [0.25, 0.3) is 0 Å². The summed E-state index contributed by atoms with van der Waals surface area (Å²) in [6.45, 7) is 12.5. The van der Waals surface area contributed by atoms with Crippen LogP contribution >= 0.6 is 47.1 Å². The van der Waals surface area contributed by atoms with E-state index in [1.54, 1.807) is 11.3 Å². The molecule has 2 unspecified atom stereocenters. The largest absolute Gasteiger partial charge is 0.357 e. The van der Waals surface area contributed by atoms with E-state index in [-0.39, 0.29) is 29.4 Å². The number of aromatic nitrogens is 1. The van der Waals surface area contributed by atoms with Gasteiger partial charge in [0.05, 0.1) is 12.2 Å². The molecule has 0 aromatic carbocycles. The molecule has 1 aliphatic rings. The van der Waals surface area contributed by atoms with Crippen LogP contribution < -0.4 is 10.6 Å². The number of hydrogen-bond donors (Lipinski definition) is 2. The van der Waals surface area contributed by atoms with Gasteiger partial charge in [0.2, 0.25) is 0 Å². The number of rotatable bonds is 6. The highest BCUT2D eigenvalue weighted by molar-refractivity contribution is 14.0. The van der Waals surface area contributed by atoms with Gasteiger partial charge < -0.3 is 10.6 Å². The van der Waals surface area contributed by atoms with E-state index in [2.05, 4.69) is 62.4 Å². The Morgan fingerprint density at radius 1 is 1.36 bits per heavy atom. The highest BCUT2D eigenvalue weighted by Crippen LogP contribution is 2.29. The summed E-state index contributed by atoms with van der Waals surface area (Å²) in [7, 11) is 0. The van der Waals surface area contributed by atoms with Crippen LogP contribution in [0.15, 0.2) is 10.4 Å². The van der Waals surface area contributed by atoms with Crippen molar-refractivity contribution in [3.05, 3.63) is 16.1 Å². The number of hydrogen-bond acceptors (Lipinski definition) is 4. The monoisotopic (exact) mass is 496 g/mol. The first-order chi connectivity index (χ1) is 11.4. The third kappa shape index (κ3) is 7.62. The average Bonchev–Trinajstić information content (AvgIpc) is 3.14. The van der Waals surface area contributed by atoms with Crippen molar-refractivity contribution in [2.75, 3.05) is 12.3 Å². The molecule has 0 bridgehead atoms. The van der Waals surface area contributed by atoms with Crippen LogP contribution in [0, 0.1) is 0 Å². The Hall–Kier alpha value is -0.0200. The fourth-order valence-corrected chi connectivity index (χ4v) is 4.93. The first-order valence-corrected chi connectivity index (χ1v) is 11.0. The maximum Gasteiger partial charge on any atom is 0.191 e. The van der Waals surface area contributed by atoms with Crippen molar-refractivity contribution in [3.8, 4) is 0 Å². The van der Waals surface area contributed by atoms with Crippen molar-refractivity contribution in [2.24, 2.45) is 4.99 Å². The Morgan fingerprint density at radius 2 is 2.12 bits per heavy atom. The molecule has 0 amide bonds. The lowest BCUT2D eigenvalue weighted by Crippen LogP contribution is -2.42. The van der Waals surface area contributed by atoms with E-state index >= 15 is 0 Å². The third-order valence-corrected chi connectivity index (χ3v) is 6.23. The van der Waals surface area contributed by atoms with Gasteiger partial charge in [-0.1, -0.05) is 27.7 Å². The van der Waals surface area contributed by atoms with E-state index in [0.29, 0.717) is 12.6 Å². The van der Waals surface area contributed by atoms with Gasteiger partial charge >= 0.3 is 0 Å². The van der Waals surface area contributed by atoms with Gasteiger partial charge in [-0.25, -0.2) is 9.98 Å². The van der Waals surface area contributed by atoms with Crippen LogP contribution in [0.3, 0.4) is 0 Å². The van der Waals surface area contributed by atoms with E-state index < -0.39 is 0 Å². The molecule has 0 spiro atoms. The van der Waals surface area contributed by atoms with Gasteiger partial charge in [0.1, 0.15) is 5.01 Å². The predicted molar refractivity (Wildman–Crippen MR) is 124 cm³/mol. The molecule has 1 fully saturated rings. The van der Waals surface area contributed by atoms with Crippen LogP contribution in [0.5, 0.6) is 0 Å². The van der Waals surface area contributed by atoms with Gasteiger partial charge in [0, 0.05) is 28.6 Å². The third-order valence-electron chi connectivity index (χ3n) is 4.16. The number of halogens is 1. The van der Waals surface area contributed by atoms with Gasteiger partial charge in [-0.15, -0.1) is 35.3 Å². The van der Waals surface area contributed by atoms with Crippen LogP contribution in [-0.2, 0) is 12.0 Å². The van der Waals surface area contributed by atoms with E-state index in [1.807, 2.05) is 0 Å². The number of guanidine groups is 1. The minimum atomic E-state index is 0. The van der Waals surface area contributed by atoms with Gasteiger partial charge in [-0.2, -0.15) is 11.8 Å². The summed E-state index contributed by atoms with van der Waals surface area (Å²) >= 11 is 3.80. The van der Waals surface area contributed by atoms with Crippen molar-refractivity contribution in [1.82, 2.24) is 15.6 Å². The first kappa shape index (κ1) is 23.0. The molecule has 1 saturated carbocycles. The minimum Gasteiger partial charge on any atom is -0.357 e. The second kappa shape index (κ2) is 11.0. The zero-order valence-corrected chi connectivity index (χ0v) is 20.1. The minimum absolute atomic E-state index is 0. The Kier molecular flexibility index (Phi) is 10.1. The summed E-state index contributed by atoms with van der Waals surface area (Å²) in [6.07, 6.45) is 3.80. The molecule has 0 radical (unpaired) electrons. The number of thiazole rings is 1. The summed E-state index contributed by atoms with van der Waals surface area (Å²) < 4.78 is 0. The van der Waals surface area contributed by atoms with Crippen LogP contribution in [-0.4, -0.2) is 34.5 Å². The average molecular weight is 497 g/mol. The molecule has 0 aliphatic heterocycles. The Labute approximate surface area is 178 Å². The maximum atomic E-state index is 4.75. The van der Waals surface area contributed by atoms with Crippen molar-refractivity contribution >= 4 is 53.0 Å². The van der Waals surface area contributed by atoms with Gasteiger partial charge in [-0.3, -0.25) is 0 Å². The molecule has 25 heavy (non-hydrogen) atoms. The number of aliphatic imine (C=N–C) groups is 1. The molecular weight excluding hydrogens is 463 g/mol. The van der Waals surface area contributed by atoms with Crippen LogP contribution in [0.4, 0.5) is 0 Å². The van der Waals surface area contributed by atoms with Crippen LogP contribution in [0.1, 0.15) is 64.6 Å². The lowest BCUT2D eigenvalue weighted by atomic mass is 9.93. The number of nitrogens with one attached hydrogen (secondary N) is 2. The summed E-state index contributed by atoms with van der Waals surface area (Å²) in [5, 5.41) is 11.0. The Bertz CT molecular complexity index is 539. The van der Waals surface area contributed by atoms with Crippen molar-refractivity contribution in [3.63, 3.8) is 0 Å². The molecule has 2 rings (SSSR count). The van der Waals surface area contributed by atoms with Crippen molar-refractivity contribution in [1.29, 1.82) is 0 Å². The molecule has 2 N–H and O–H groups in total. The van der Waals surface area contributed by atoms with Gasteiger partial charge in [0.25, 0.3) is 0 Å². The van der Waals surface area contributed by atoms with Crippen LogP contribution in [0.2, 0.25) is 0 Å². The highest BCUT2D eigenvalue weighted by Gasteiger charge is 2.25. The molecule has 144 valence electrons. The molecular formula is C18H33IN4S2. The predicted octanol–water partition coefficient (Wildman–Crippen LogP) is 4.79. The lowest BCUT2D eigenvalue weighted by Gasteiger charge is -2.17. The highest BCUT2D eigenvalue weighted by atomic mass is 127. The van der Waals surface area contributed by atoms with E-state index in [9.17, 15) is 0 Å². The smallest absolute Gasteiger partial charge is 0.191 e. The molecule has 4 nitrogen and oxygen atoms in total. The topological polar surface area (TPSA) is 49.3 Å². The molecule has 1 heterocycles. The maximum absolute atomic E-state index is 4.75. The molecule has 2 atom stereocenters. The van der Waals surface area contributed by atoms with E-state index in [1.165, 1.54) is 25.0 Å². The zero-order chi connectivity index (χ0) is 17.6. The molecule has 7 heteroatoms. The normalized spacial score (nSPS) is 21.1. The summed E-state index contributed by atoms with van der Waals surface area (Å²) in [5.74, 6) is 2.14. The summed E-state index contributed by atoms with van der Waals surface area (Å²) in [6, 6.07) is 0.549. The van der Waals surface area contributed by atoms with Gasteiger partial charge in [-0.05, 0) is 31.9 Å².